The second-order valence-electron chi connectivity index (χ2n) is 3.17. The van der Waals surface area contributed by atoms with Gasteiger partial charge in [0.25, 0.3) is 0 Å². The maximum Gasteiger partial charge on any atom is 0.173 e. The molecule has 0 fully saturated rings. The molecule has 0 amide bonds. The zero-order valence-corrected chi connectivity index (χ0v) is 10.2. The number of hydrogen-bond donors (Lipinski definition) is 1. The molecule has 0 saturated carbocycles. The van der Waals surface area contributed by atoms with Crippen molar-refractivity contribution in [3.63, 3.8) is 0 Å². The van der Waals surface area contributed by atoms with E-state index in [1.165, 1.54) is 0 Å². The average molecular weight is 284 g/mol. The molecule has 2 rings (SSSR count). The van der Waals surface area contributed by atoms with Crippen LogP contribution in [0.2, 0.25) is 0 Å². The van der Waals surface area contributed by atoms with Gasteiger partial charge in [0.15, 0.2) is 10.4 Å². The molecule has 0 aliphatic carbocycles. The average Bonchev–Trinajstić information content (AvgIpc) is 2.70. The normalized spacial score (nSPS) is 10.4. The van der Waals surface area contributed by atoms with Crippen LogP contribution in [0.1, 0.15) is 5.56 Å². The van der Waals surface area contributed by atoms with E-state index in [9.17, 15) is 5.11 Å². The van der Waals surface area contributed by atoms with Crippen LogP contribution < -0.4 is 4.74 Å². The number of aliphatic hydroxyl groups excluding tert-OH is 1. The Bertz CT molecular complexity index is 496. The fraction of sp³-hybridized carbons (Fsp3) is 0.182. The molecule has 16 heavy (non-hydrogen) atoms. The summed E-state index contributed by atoms with van der Waals surface area (Å²) in [5, 5.41) is 13.0. The Balaban J connectivity index is 2.49. The summed E-state index contributed by atoms with van der Waals surface area (Å²) in [5.41, 5.74) is 1.45. The molecule has 0 saturated heterocycles. The summed E-state index contributed by atoms with van der Waals surface area (Å²) >= 11 is 3.21. The highest BCUT2D eigenvalue weighted by atomic mass is 79.9. The molecule has 0 aliphatic heterocycles. The Hall–Kier alpha value is -1.33. The summed E-state index contributed by atoms with van der Waals surface area (Å²) in [6, 6.07) is 7.39. The summed E-state index contributed by atoms with van der Waals surface area (Å²) in [6.45, 7) is -0.128. The number of aliphatic hydroxyl groups is 1. The lowest BCUT2D eigenvalue weighted by atomic mass is 10.1. The fourth-order valence-corrected chi connectivity index (χ4v) is 1.80. The molecule has 84 valence electrons. The van der Waals surface area contributed by atoms with Gasteiger partial charge < -0.3 is 14.4 Å². The molecule has 0 atom stereocenters. The van der Waals surface area contributed by atoms with Crippen LogP contribution in [-0.2, 0) is 6.61 Å². The first-order chi connectivity index (χ1) is 7.76. The van der Waals surface area contributed by atoms with Gasteiger partial charge in [-0.05, 0) is 28.1 Å². The second kappa shape index (κ2) is 4.67. The van der Waals surface area contributed by atoms with E-state index in [-0.39, 0.29) is 6.61 Å². The van der Waals surface area contributed by atoms with Crippen molar-refractivity contribution in [3.8, 4) is 17.1 Å². The van der Waals surface area contributed by atoms with Gasteiger partial charge in [0, 0.05) is 5.56 Å². The van der Waals surface area contributed by atoms with Crippen molar-refractivity contribution in [1.29, 1.82) is 0 Å². The number of halogens is 1. The first-order valence-electron chi connectivity index (χ1n) is 4.65. The van der Waals surface area contributed by atoms with E-state index >= 15 is 0 Å². The Labute approximate surface area is 101 Å². The minimum atomic E-state index is -0.128. The molecule has 0 unspecified atom stereocenters. The zero-order valence-electron chi connectivity index (χ0n) is 8.61. The molecule has 4 nitrogen and oxygen atoms in total. The van der Waals surface area contributed by atoms with Gasteiger partial charge in [-0.15, -0.1) is 0 Å². The van der Waals surface area contributed by atoms with Crippen molar-refractivity contribution in [1.82, 2.24) is 5.16 Å². The van der Waals surface area contributed by atoms with Crippen LogP contribution in [0.15, 0.2) is 33.4 Å². The molecule has 1 aromatic carbocycles. The van der Waals surface area contributed by atoms with Crippen LogP contribution in [0.25, 0.3) is 11.3 Å². The van der Waals surface area contributed by atoms with E-state index in [4.69, 9.17) is 9.26 Å². The standard InChI is InChI=1S/C11H10BrNO3/c1-15-8-4-2-3-7(5-8)10-9(6-14)11(12)13-16-10/h2-5,14H,6H2,1H3. The molecular weight excluding hydrogens is 274 g/mol. The van der Waals surface area contributed by atoms with Crippen LogP contribution >= 0.6 is 15.9 Å². The summed E-state index contributed by atoms with van der Waals surface area (Å²) in [5.74, 6) is 1.28. The highest BCUT2D eigenvalue weighted by molar-refractivity contribution is 9.10. The smallest absolute Gasteiger partial charge is 0.173 e. The Morgan fingerprint density at radius 3 is 3.00 bits per heavy atom. The maximum absolute atomic E-state index is 9.21. The maximum atomic E-state index is 9.21. The van der Waals surface area contributed by atoms with Crippen molar-refractivity contribution in [2.75, 3.05) is 7.11 Å². The molecule has 0 aliphatic rings. The van der Waals surface area contributed by atoms with Gasteiger partial charge >= 0.3 is 0 Å². The van der Waals surface area contributed by atoms with Crippen LogP contribution in [0, 0.1) is 0 Å². The van der Waals surface area contributed by atoms with E-state index in [2.05, 4.69) is 21.1 Å². The van der Waals surface area contributed by atoms with Crippen LogP contribution in [-0.4, -0.2) is 17.4 Å². The number of nitrogens with zero attached hydrogens (tertiary/aromatic N) is 1. The van der Waals surface area contributed by atoms with Gasteiger partial charge in [-0.2, -0.15) is 0 Å². The molecule has 1 heterocycles. The highest BCUT2D eigenvalue weighted by Gasteiger charge is 2.15. The van der Waals surface area contributed by atoms with Crippen LogP contribution in [0.3, 0.4) is 0 Å². The molecular formula is C11H10BrNO3. The van der Waals surface area contributed by atoms with Crippen molar-refractivity contribution < 1.29 is 14.4 Å². The molecule has 0 radical (unpaired) electrons. The molecule has 5 heteroatoms. The lowest BCUT2D eigenvalue weighted by Gasteiger charge is -2.02. The third-order valence-corrected chi connectivity index (χ3v) is 2.85. The first-order valence-corrected chi connectivity index (χ1v) is 5.45. The van der Waals surface area contributed by atoms with E-state index in [0.29, 0.717) is 15.9 Å². The summed E-state index contributed by atoms with van der Waals surface area (Å²) in [7, 11) is 1.60. The van der Waals surface area contributed by atoms with E-state index in [0.717, 1.165) is 11.3 Å². The van der Waals surface area contributed by atoms with E-state index in [1.807, 2.05) is 24.3 Å². The van der Waals surface area contributed by atoms with E-state index < -0.39 is 0 Å². The van der Waals surface area contributed by atoms with Gasteiger partial charge in [0.2, 0.25) is 0 Å². The van der Waals surface area contributed by atoms with Crippen molar-refractivity contribution >= 4 is 15.9 Å². The Morgan fingerprint density at radius 1 is 1.50 bits per heavy atom. The minimum Gasteiger partial charge on any atom is -0.497 e. The van der Waals surface area contributed by atoms with Gasteiger partial charge in [-0.25, -0.2) is 0 Å². The molecule has 1 N–H and O–H groups in total. The van der Waals surface area contributed by atoms with E-state index in [1.54, 1.807) is 7.11 Å². The van der Waals surface area contributed by atoms with Gasteiger partial charge in [0.05, 0.1) is 19.3 Å². The predicted octanol–water partition coefficient (Wildman–Crippen LogP) is 2.61. The molecule has 1 aromatic heterocycles. The number of hydrogen-bond acceptors (Lipinski definition) is 4. The largest absolute Gasteiger partial charge is 0.497 e. The van der Waals surface area contributed by atoms with Gasteiger partial charge in [-0.1, -0.05) is 17.3 Å². The topological polar surface area (TPSA) is 55.5 Å². The second-order valence-corrected chi connectivity index (χ2v) is 3.92. The lowest BCUT2D eigenvalue weighted by molar-refractivity contribution is 0.281. The number of benzene rings is 1. The predicted molar refractivity (Wildman–Crippen MR) is 62.1 cm³/mol. The Kier molecular flexibility index (Phi) is 3.26. The van der Waals surface area contributed by atoms with Gasteiger partial charge in [-0.3, -0.25) is 0 Å². The molecule has 0 spiro atoms. The third-order valence-electron chi connectivity index (χ3n) is 2.23. The quantitative estimate of drug-likeness (QED) is 0.941. The number of ether oxygens (including phenoxy) is 1. The third kappa shape index (κ3) is 1.96. The highest BCUT2D eigenvalue weighted by Crippen LogP contribution is 2.31. The van der Waals surface area contributed by atoms with Crippen molar-refractivity contribution in [3.05, 3.63) is 34.4 Å². The van der Waals surface area contributed by atoms with Crippen molar-refractivity contribution in [2.45, 2.75) is 6.61 Å². The SMILES string of the molecule is COc1cccc(-c2onc(Br)c2CO)c1. The summed E-state index contributed by atoms with van der Waals surface area (Å²) < 4.78 is 10.8. The molecule has 0 bridgehead atoms. The summed E-state index contributed by atoms with van der Waals surface area (Å²) in [4.78, 5) is 0. The monoisotopic (exact) mass is 283 g/mol. The van der Waals surface area contributed by atoms with Crippen LogP contribution in [0.4, 0.5) is 0 Å². The number of methoxy groups -OCH3 is 1. The minimum absolute atomic E-state index is 0.128. The summed E-state index contributed by atoms with van der Waals surface area (Å²) in [6.07, 6.45) is 0. The fourth-order valence-electron chi connectivity index (χ4n) is 1.42. The number of rotatable bonds is 3. The molecule has 2 aromatic rings. The lowest BCUT2D eigenvalue weighted by Crippen LogP contribution is -1.87. The Morgan fingerprint density at radius 2 is 2.31 bits per heavy atom. The first kappa shape index (κ1) is 11.2. The van der Waals surface area contributed by atoms with Crippen LogP contribution in [0.5, 0.6) is 5.75 Å². The number of aromatic nitrogens is 1. The van der Waals surface area contributed by atoms with Gasteiger partial charge in [0.1, 0.15) is 5.75 Å². The zero-order chi connectivity index (χ0) is 11.5. The van der Waals surface area contributed by atoms with Crippen molar-refractivity contribution in [2.24, 2.45) is 0 Å².